The van der Waals surface area contributed by atoms with Crippen LogP contribution < -0.4 is 5.32 Å². The first kappa shape index (κ1) is 19.0. The zero-order valence-corrected chi connectivity index (χ0v) is 17.1. The minimum Gasteiger partial charge on any atom is -0.352 e. The minimum absolute atomic E-state index is 0.0264. The molecule has 4 nitrogen and oxygen atoms in total. The molecule has 1 saturated carbocycles. The summed E-state index contributed by atoms with van der Waals surface area (Å²) < 4.78 is 1.83. The Balaban J connectivity index is 1.65. The largest absolute Gasteiger partial charge is 0.352 e. The van der Waals surface area contributed by atoms with Crippen molar-refractivity contribution >= 4 is 28.4 Å². The van der Waals surface area contributed by atoms with Gasteiger partial charge in [0.2, 0.25) is 5.91 Å². The van der Waals surface area contributed by atoms with E-state index in [0.29, 0.717) is 5.02 Å². The molecule has 2 aromatic carbocycles. The van der Waals surface area contributed by atoms with E-state index in [0.717, 1.165) is 40.9 Å². The van der Waals surface area contributed by atoms with Gasteiger partial charge >= 0.3 is 0 Å². The molecular formula is C23H26ClN3O. The van der Waals surface area contributed by atoms with E-state index in [2.05, 4.69) is 12.2 Å². The van der Waals surface area contributed by atoms with E-state index in [4.69, 9.17) is 16.7 Å². The molecule has 0 radical (unpaired) electrons. The fraction of sp³-hybridized carbons (Fsp3) is 0.391. The van der Waals surface area contributed by atoms with Crippen LogP contribution in [-0.4, -0.2) is 21.7 Å². The van der Waals surface area contributed by atoms with E-state index in [1.165, 1.54) is 12.8 Å². The van der Waals surface area contributed by atoms with Crippen molar-refractivity contribution in [3.63, 3.8) is 0 Å². The van der Waals surface area contributed by atoms with Gasteiger partial charge in [0.1, 0.15) is 11.7 Å². The van der Waals surface area contributed by atoms with Crippen LogP contribution in [0, 0.1) is 5.92 Å². The van der Waals surface area contributed by atoms with Crippen LogP contribution in [0.5, 0.6) is 0 Å². The number of fused-ring (bicyclic) bond motifs is 1. The molecule has 1 aromatic heterocycles. The molecule has 5 heteroatoms. The second-order valence-corrected chi connectivity index (χ2v) is 8.40. The summed E-state index contributed by atoms with van der Waals surface area (Å²) in [4.78, 5) is 13.0. The Morgan fingerprint density at radius 2 is 1.86 bits per heavy atom. The van der Waals surface area contributed by atoms with Gasteiger partial charge in [-0.15, -0.1) is 0 Å². The average Bonchev–Trinajstić information content (AvgIpc) is 3.08. The number of rotatable bonds is 4. The lowest BCUT2D eigenvalue weighted by Gasteiger charge is -2.28. The van der Waals surface area contributed by atoms with Crippen molar-refractivity contribution < 1.29 is 4.79 Å². The lowest BCUT2D eigenvalue weighted by molar-refractivity contribution is -0.125. The van der Waals surface area contributed by atoms with Crippen molar-refractivity contribution in [3.8, 4) is 11.3 Å². The summed E-state index contributed by atoms with van der Waals surface area (Å²) in [5.74, 6) is 0.789. The molecule has 1 N–H and O–H groups in total. The molecule has 1 atom stereocenters. The van der Waals surface area contributed by atoms with Gasteiger partial charge in [0, 0.05) is 22.0 Å². The van der Waals surface area contributed by atoms with Crippen LogP contribution in [0.4, 0.5) is 0 Å². The third kappa shape index (κ3) is 3.79. The molecule has 1 fully saturated rings. The van der Waals surface area contributed by atoms with Gasteiger partial charge in [-0.25, -0.2) is 0 Å². The normalized spacial score (nSPS) is 20.8. The van der Waals surface area contributed by atoms with Gasteiger partial charge in [-0.3, -0.25) is 9.48 Å². The van der Waals surface area contributed by atoms with Crippen molar-refractivity contribution in [1.29, 1.82) is 0 Å². The maximum atomic E-state index is 13.0. The molecular weight excluding hydrogens is 370 g/mol. The van der Waals surface area contributed by atoms with Crippen LogP contribution in [0.25, 0.3) is 22.2 Å². The highest BCUT2D eigenvalue weighted by atomic mass is 35.5. The van der Waals surface area contributed by atoms with Crippen LogP contribution in [0.15, 0.2) is 48.5 Å². The Bertz CT molecular complexity index is 974. The predicted molar refractivity (Wildman–Crippen MR) is 114 cm³/mol. The summed E-state index contributed by atoms with van der Waals surface area (Å²) in [5, 5.41) is 9.69. The molecule has 4 rings (SSSR count). The van der Waals surface area contributed by atoms with Crippen molar-refractivity contribution in [2.45, 2.75) is 51.6 Å². The highest BCUT2D eigenvalue weighted by Crippen LogP contribution is 2.32. The first-order valence-electron chi connectivity index (χ1n) is 10.1. The first-order chi connectivity index (χ1) is 13.5. The van der Waals surface area contributed by atoms with E-state index >= 15 is 0 Å². The molecule has 0 spiro atoms. The lowest BCUT2D eigenvalue weighted by atomic mass is 9.87. The summed E-state index contributed by atoms with van der Waals surface area (Å²) in [6.07, 6.45) is 4.48. The monoisotopic (exact) mass is 395 g/mol. The van der Waals surface area contributed by atoms with Gasteiger partial charge in [-0.2, -0.15) is 5.10 Å². The second-order valence-electron chi connectivity index (χ2n) is 7.96. The number of nitrogens with one attached hydrogen (secondary N) is 1. The number of benzene rings is 2. The van der Waals surface area contributed by atoms with Crippen molar-refractivity contribution in [2.24, 2.45) is 5.92 Å². The smallest absolute Gasteiger partial charge is 0.244 e. The summed E-state index contributed by atoms with van der Waals surface area (Å²) in [6.45, 7) is 4.20. The van der Waals surface area contributed by atoms with Crippen LogP contribution in [-0.2, 0) is 4.79 Å². The number of amides is 1. The Morgan fingerprint density at radius 3 is 2.57 bits per heavy atom. The third-order valence-corrected chi connectivity index (χ3v) is 6.06. The third-order valence-electron chi connectivity index (χ3n) is 5.82. The fourth-order valence-electron chi connectivity index (χ4n) is 4.05. The molecule has 146 valence electrons. The van der Waals surface area contributed by atoms with Crippen LogP contribution in [0.2, 0.25) is 5.02 Å². The standard InChI is InChI=1S/C23H26ClN3O/c1-15-8-11-19(12-9-15)25-23(28)16(2)27-21-13-10-18(24)14-20(21)22(26-27)17-6-4-3-5-7-17/h3-7,10,13-16,19H,8-9,11-12H2,1-2H3,(H,25,28). The molecule has 1 unspecified atom stereocenters. The fourth-order valence-corrected chi connectivity index (χ4v) is 4.23. The number of hydrogen-bond donors (Lipinski definition) is 1. The summed E-state index contributed by atoms with van der Waals surface area (Å²) in [5.41, 5.74) is 2.79. The summed E-state index contributed by atoms with van der Waals surface area (Å²) in [7, 11) is 0. The van der Waals surface area contributed by atoms with E-state index in [1.54, 1.807) is 0 Å². The van der Waals surface area contributed by atoms with Gasteiger partial charge in [0.15, 0.2) is 0 Å². The van der Waals surface area contributed by atoms with Gasteiger partial charge in [-0.05, 0) is 56.7 Å². The molecule has 1 aliphatic rings. The van der Waals surface area contributed by atoms with Crippen molar-refractivity contribution in [1.82, 2.24) is 15.1 Å². The van der Waals surface area contributed by atoms with Crippen LogP contribution in [0.3, 0.4) is 0 Å². The molecule has 1 aliphatic carbocycles. The lowest BCUT2D eigenvalue weighted by Crippen LogP contribution is -2.40. The Labute approximate surface area is 170 Å². The molecule has 0 bridgehead atoms. The molecule has 28 heavy (non-hydrogen) atoms. The Hall–Kier alpha value is -2.33. The number of aromatic nitrogens is 2. The predicted octanol–water partition coefficient (Wildman–Crippen LogP) is 5.61. The van der Waals surface area contributed by atoms with E-state index in [9.17, 15) is 4.79 Å². The first-order valence-corrected chi connectivity index (χ1v) is 10.4. The number of carbonyl (C=O) groups is 1. The van der Waals surface area contributed by atoms with E-state index in [1.807, 2.05) is 60.1 Å². The van der Waals surface area contributed by atoms with Crippen LogP contribution in [0.1, 0.15) is 45.6 Å². The molecule has 1 heterocycles. The van der Waals surface area contributed by atoms with Gasteiger partial charge in [0.25, 0.3) is 0 Å². The number of halogens is 1. The summed E-state index contributed by atoms with van der Waals surface area (Å²) >= 11 is 6.25. The SMILES string of the molecule is CC1CCC(NC(=O)C(C)n2nc(-c3ccccc3)c3cc(Cl)ccc32)CC1. The summed E-state index contributed by atoms with van der Waals surface area (Å²) in [6, 6.07) is 15.6. The van der Waals surface area contributed by atoms with Gasteiger partial charge in [-0.1, -0.05) is 48.9 Å². The van der Waals surface area contributed by atoms with Crippen molar-refractivity contribution in [2.75, 3.05) is 0 Å². The van der Waals surface area contributed by atoms with Crippen LogP contribution >= 0.6 is 11.6 Å². The highest BCUT2D eigenvalue weighted by molar-refractivity contribution is 6.31. The number of nitrogens with zero attached hydrogens (tertiary/aromatic N) is 2. The van der Waals surface area contributed by atoms with E-state index < -0.39 is 0 Å². The van der Waals surface area contributed by atoms with Gasteiger partial charge < -0.3 is 5.32 Å². The molecule has 0 saturated heterocycles. The Kier molecular flexibility index (Phi) is 5.40. The number of carbonyl (C=O) groups excluding carboxylic acids is 1. The average molecular weight is 396 g/mol. The molecule has 1 amide bonds. The van der Waals surface area contributed by atoms with Gasteiger partial charge in [0.05, 0.1) is 5.52 Å². The maximum Gasteiger partial charge on any atom is 0.244 e. The van der Waals surface area contributed by atoms with E-state index in [-0.39, 0.29) is 18.0 Å². The zero-order valence-electron chi connectivity index (χ0n) is 16.4. The number of hydrogen-bond acceptors (Lipinski definition) is 2. The maximum absolute atomic E-state index is 13.0. The zero-order chi connectivity index (χ0) is 19.7. The quantitative estimate of drug-likeness (QED) is 0.623. The molecule has 0 aliphatic heterocycles. The molecule has 3 aromatic rings. The Morgan fingerprint density at radius 1 is 1.14 bits per heavy atom. The second kappa shape index (κ2) is 7.96. The topological polar surface area (TPSA) is 46.9 Å². The highest BCUT2D eigenvalue weighted by Gasteiger charge is 2.25. The minimum atomic E-state index is -0.388. The van der Waals surface area contributed by atoms with Crippen molar-refractivity contribution in [3.05, 3.63) is 53.6 Å².